The van der Waals surface area contributed by atoms with Crippen molar-refractivity contribution in [1.82, 2.24) is 5.32 Å². The van der Waals surface area contributed by atoms with Gasteiger partial charge in [0.2, 0.25) is 10.0 Å². The summed E-state index contributed by atoms with van der Waals surface area (Å²) in [4.78, 5) is 13.0. The third-order valence-electron chi connectivity index (χ3n) is 5.39. The summed E-state index contributed by atoms with van der Waals surface area (Å²) in [5.74, 6) is 0.0628. The van der Waals surface area contributed by atoms with E-state index in [4.69, 9.17) is 4.74 Å². The molecule has 156 valence electrons. The van der Waals surface area contributed by atoms with Crippen molar-refractivity contribution >= 4 is 21.6 Å². The van der Waals surface area contributed by atoms with Gasteiger partial charge in [0.05, 0.1) is 24.5 Å². The maximum atomic E-state index is 13.0. The average Bonchev–Trinajstić information content (AvgIpc) is 2.62. The first-order chi connectivity index (χ1) is 13.5. The number of sulfonamides is 1. The van der Waals surface area contributed by atoms with Crippen LogP contribution in [0.15, 0.2) is 30.3 Å². The summed E-state index contributed by atoms with van der Waals surface area (Å²) in [6, 6.07) is 9.25. The lowest BCUT2D eigenvalue weighted by molar-refractivity contribution is -0.128. The summed E-state index contributed by atoms with van der Waals surface area (Å²) >= 11 is 0. The minimum atomic E-state index is -3.54. The van der Waals surface area contributed by atoms with Gasteiger partial charge in [-0.25, -0.2) is 8.42 Å². The number of benzene rings is 2. The van der Waals surface area contributed by atoms with Crippen molar-refractivity contribution in [3.8, 4) is 5.75 Å². The molecule has 2 aromatic rings. The predicted octanol–water partition coefficient (Wildman–Crippen LogP) is 3.32. The second kappa shape index (κ2) is 7.71. The number of fused-ring (bicyclic) bond motifs is 1. The molecule has 29 heavy (non-hydrogen) atoms. The van der Waals surface area contributed by atoms with E-state index < -0.39 is 16.1 Å². The Labute approximate surface area is 172 Å². The second-order valence-corrected chi connectivity index (χ2v) is 9.80. The quantitative estimate of drug-likeness (QED) is 0.830. The van der Waals surface area contributed by atoms with Crippen LogP contribution in [0.5, 0.6) is 5.75 Å². The highest BCUT2D eigenvalue weighted by Crippen LogP contribution is 2.36. The van der Waals surface area contributed by atoms with E-state index in [2.05, 4.69) is 24.4 Å². The Morgan fingerprint density at radius 3 is 2.41 bits per heavy atom. The van der Waals surface area contributed by atoms with Crippen LogP contribution < -0.4 is 14.4 Å². The predicted molar refractivity (Wildman–Crippen MR) is 115 cm³/mol. The Balaban J connectivity index is 1.85. The molecule has 1 heterocycles. The fraction of sp³-hybridized carbons (Fsp3) is 0.409. The minimum absolute atomic E-state index is 0.0562. The van der Waals surface area contributed by atoms with Crippen molar-refractivity contribution < 1.29 is 17.9 Å². The van der Waals surface area contributed by atoms with Gasteiger partial charge in [-0.1, -0.05) is 18.2 Å². The van der Waals surface area contributed by atoms with Crippen molar-refractivity contribution in [2.45, 2.75) is 46.8 Å². The SMILES string of the molecule is Cc1ccc2c(c1)O[C@H](C(=O)N[C@H](C)c1cc(C)c(C)cc1C)CN2S(C)(=O)=O. The van der Waals surface area contributed by atoms with Gasteiger partial charge in [0, 0.05) is 0 Å². The molecular formula is C22H28N2O4S. The second-order valence-electron chi connectivity index (χ2n) is 7.90. The van der Waals surface area contributed by atoms with E-state index in [0.29, 0.717) is 11.4 Å². The van der Waals surface area contributed by atoms with Gasteiger partial charge < -0.3 is 10.1 Å². The van der Waals surface area contributed by atoms with E-state index in [1.165, 1.54) is 9.87 Å². The summed E-state index contributed by atoms with van der Waals surface area (Å²) in [7, 11) is -3.54. The topological polar surface area (TPSA) is 75.7 Å². The molecule has 0 saturated carbocycles. The minimum Gasteiger partial charge on any atom is -0.476 e. The first-order valence-electron chi connectivity index (χ1n) is 9.60. The summed E-state index contributed by atoms with van der Waals surface area (Å²) in [5, 5.41) is 2.99. The van der Waals surface area contributed by atoms with Crippen LogP contribution in [-0.4, -0.2) is 33.2 Å². The Kier molecular flexibility index (Phi) is 5.63. The first kappa shape index (κ1) is 21.2. The standard InChI is InChI=1S/C22H28N2O4S/c1-13-7-8-19-20(9-13)28-21(12-24(19)29(6,26)27)22(25)23-17(5)18-11-15(3)14(2)10-16(18)4/h7-11,17,21H,12H2,1-6H3,(H,23,25)/t17-,21+/m1/s1. The molecule has 2 aromatic carbocycles. The molecule has 1 aliphatic rings. The molecule has 0 aromatic heterocycles. The van der Waals surface area contributed by atoms with E-state index in [0.717, 1.165) is 28.5 Å². The Bertz CT molecular complexity index is 1060. The first-order valence-corrected chi connectivity index (χ1v) is 11.5. The fourth-order valence-corrected chi connectivity index (χ4v) is 4.56. The van der Waals surface area contributed by atoms with Crippen molar-refractivity contribution in [1.29, 1.82) is 0 Å². The van der Waals surface area contributed by atoms with Crippen LogP contribution >= 0.6 is 0 Å². The zero-order chi connectivity index (χ0) is 21.5. The van der Waals surface area contributed by atoms with Gasteiger partial charge in [-0.15, -0.1) is 0 Å². The monoisotopic (exact) mass is 416 g/mol. The number of hydrogen-bond donors (Lipinski definition) is 1. The van der Waals surface area contributed by atoms with Gasteiger partial charge in [-0.05, 0) is 74.6 Å². The van der Waals surface area contributed by atoms with E-state index >= 15 is 0 Å². The summed E-state index contributed by atoms with van der Waals surface area (Å²) in [6.45, 7) is 9.88. The zero-order valence-corrected chi connectivity index (χ0v) is 18.6. The molecule has 1 N–H and O–H groups in total. The number of anilines is 1. The number of aryl methyl sites for hydroxylation is 4. The third kappa shape index (κ3) is 4.40. The smallest absolute Gasteiger partial charge is 0.263 e. The van der Waals surface area contributed by atoms with Crippen molar-refractivity contribution in [3.05, 3.63) is 58.1 Å². The molecule has 0 fully saturated rings. The van der Waals surface area contributed by atoms with Gasteiger partial charge in [0.15, 0.2) is 6.10 Å². The van der Waals surface area contributed by atoms with Crippen LogP contribution in [0.4, 0.5) is 5.69 Å². The lowest BCUT2D eigenvalue weighted by Gasteiger charge is -2.34. The lowest BCUT2D eigenvalue weighted by atomic mass is 9.96. The molecule has 0 aliphatic carbocycles. The molecule has 0 spiro atoms. The highest BCUT2D eigenvalue weighted by atomic mass is 32.2. The van der Waals surface area contributed by atoms with Crippen LogP contribution in [0, 0.1) is 27.7 Å². The largest absolute Gasteiger partial charge is 0.476 e. The third-order valence-corrected chi connectivity index (χ3v) is 6.53. The molecule has 0 radical (unpaired) electrons. The molecule has 1 aliphatic heterocycles. The van der Waals surface area contributed by atoms with Gasteiger partial charge in [0.1, 0.15) is 5.75 Å². The number of carbonyl (C=O) groups is 1. The molecule has 2 atom stereocenters. The van der Waals surface area contributed by atoms with Crippen molar-refractivity contribution in [3.63, 3.8) is 0 Å². The number of hydrogen-bond acceptors (Lipinski definition) is 4. The zero-order valence-electron chi connectivity index (χ0n) is 17.7. The van der Waals surface area contributed by atoms with Gasteiger partial charge >= 0.3 is 0 Å². The number of nitrogens with one attached hydrogen (secondary N) is 1. The van der Waals surface area contributed by atoms with Crippen LogP contribution in [0.1, 0.15) is 40.8 Å². The van der Waals surface area contributed by atoms with E-state index in [1.807, 2.05) is 33.8 Å². The van der Waals surface area contributed by atoms with Gasteiger partial charge in [-0.2, -0.15) is 0 Å². The van der Waals surface area contributed by atoms with Crippen molar-refractivity contribution in [2.24, 2.45) is 0 Å². The molecule has 1 amide bonds. The summed E-state index contributed by atoms with van der Waals surface area (Å²) in [5.41, 5.74) is 5.89. The Morgan fingerprint density at radius 2 is 1.76 bits per heavy atom. The molecule has 0 bridgehead atoms. The molecule has 7 heteroatoms. The van der Waals surface area contributed by atoms with Crippen LogP contribution in [0.3, 0.4) is 0 Å². The van der Waals surface area contributed by atoms with Gasteiger partial charge in [0.25, 0.3) is 5.91 Å². The number of ether oxygens (including phenoxy) is 1. The summed E-state index contributed by atoms with van der Waals surface area (Å²) < 4.78 is 31.7. The van der Waals surface area contributed by atoms with Crippen molar-refractivity contribution in [2.75, 3.05) is 17.1 Å². The maximum absolute atomic E-state index is 13.0. The van der Waals surface area contributed by atoms with E-state index in [9.17, 15) is 13.2 Å². The Hall–Kier alpha value is -2.54. The fourth-order valence-electron chi connectivity index (χ4n) is 3.65. The normalized spacial score (nSPS) is 17.3. The number of nitrogens with zero attached hydrogens (tertiary/aromatic N) is 1. The molecular weight excluding hydrogens is 388 g/mol. The van der Waals surface area contributed by atoms with Gasteiger partial charge in [-0.3, -0.25) is 9.10 Å². The van der Waals surface area contributed by atoms with Crippen LogP contribution in [0.25, 0.3) is 0 Å². The highest BCUT2D eigenvalue weighted by Gasteiger charge is 2.35. The van der Waals surface area contributed by atoms with Crippen LogP contribution in [-0.2, 0) is 14.8 Å². The lowest BCUT2D eigenvalue weighted by Crippen LogP contribution is -2.50. The number of carbonyl (C=O) groups excluding carboxylic acids is 1. The maximum Gasteiger partial charge on any atom is 0.263 e. The van der Waals surface area contributed by atoms with Crippen LogP contribution in [0.2, 0.25) is 0 Å². The molecule has 0 unspecified atom stereocenters. The van der Waals surface area contributed by atoms with E-state index in [1.54, 1.807) is 12.1 Å². The van der Waals surface area contributed by atoms with E-state index in [-0.39, 0.29) is 18.5 Å². The molecule has 3 rings (SSSR count). The summed E-state index contributed by atoms with van der Waals surface area (Å²) in [6.07, 6.45) is 0.214. The highest BCUT2D eigenvalue weighted by molar-refractivity contribution is 7.92. The number of amides is 1. The average molecular weight is 417 g/mol. The Morgan fingerprint density at radius 1 is 1.10 bits per heavy atom. The molecule has 6 nitrogen and oxygen atoms in total. The number of rotatable bonds is 4. The molecule has 0 saturated heterocycles.